The number of benzene rings is 1. The highest BCUT2D eigenvalue weighted by Gasteiger charge is 2.52. The Bertz CT molecular complexity index is 488. The van der Waals surface area contributed by atoms with E-state index in [1.165, 1.54) is 25.3 Å². The number of phenols is 1. The van der Waals surface area contributed by atoms with E-state index < -0.39 is 17.4 Å². The van der Waals surface area contributed by atoms with E-state index in [9.17, 15) is 14.7 Å². The normalized spacial score (nSPS) is 16.3. The zero-order chi connectivity index (χ0) is 12.6. The van der Waals surface area contributed by atoms with Gasteiger partial charge < -0.3 is 14.9 Å². The molecule has 1 aromatic carbocycles. The van der Waals surface area contributed by atoms with Gasteiger partial charge in [-0.1, -0.05) is 6.07 Å². The highest BCUT2D eigenvalue weighted by molar-refractivity contribution is 5.93. The second-order valence-corrected chi connectivity index (χ2v) is 4.11. The third kappa shape index (κ3) is 1.73. The van der Waals surface area contributed by atoms with E-state index in [-0.39, 0.29) is 11.3 Å². The Morgan fingerprint density at radius 3 is 2.47 bits per heavy atom. The van der Waals surface area contributed by atoms with E-state index in [4.69, 9.17) is 5.11 Å². The van der Waals surface area contributed by atoms with Gasteiger partial charge in [-0.25, -0.2) is 4.79 Å². The van der Waals surface area contributed by atoms with Crippen molar-refractivity contribution in [2.24, 2.45) is 0 Å². The zero-order valence-electron chi connectivity index (χ0n) is 9.27. The van der Waals surface area contributed by atoms with Crippen molar-refractivity contribution in [2.75, 3.05) is 7.11 Å². The van der Waals surface area contributed by atoms with Crippen LogP contribution in [0.25, 0.3) is 0 Å². The summed E-state index contributed by atoms with van der Waals surface area (Å²) in [6, 6.07) is 4.25. The number of methoxy groups -OCH3 is 1. The number of rotatable bonds is 3. The molecule has 1 aromatic rings. The van der Waals surface area contributed by atoms with Gasteiger partial charge in [0.15, 0.2) is 0 Å². The van der Waals surface area contributed by atoms with Crippen LogP contribution in [0.2, 0.25) is 0 Å². The Hall–Kier alpha value is -2.04. The average molecular weight is 236 g/mol. The summed E-state index contributed by atoms with van der Waals surface area (Å²) in [6.45, 7) is 0. The molecule has 1 aliphatic rings. The first-order valence-corrected chi connectivity index (χ1v) is 5.16. The molecule has 0 radical (unpaired) electrons. The van der Waals surface area contributed by atoms with Crippen LogP contribution in [0, 0.1) is 0 Å². The van der Waals surface area contributed by atoms with Gasteiger partial charge in [-0.15, -0.1) is 0 Å². The largest absolute Gasteiger partial charge is 0.507 e. The smallest absolute Gasteiger partial charge is 0.341 e. The molecule has 0 saturated heterocycles. The minimum atomic E-state index is -0.904. The fourth-order valence-electron chi connectivity index (χ4n) is 1.86. The molecule has 5 nitrogen and oxygen atoms in total. The lowest BCUT2D eigenvalue weighted by atomic mass is 9.94. The van der Waals surface area contributed by atoms with Crippen LogP contribution in [0.5, 0.6) is 5.75 Å². The number of carboxylic acid groups (broad SMARTS) is 1. The van der Waals surface area contributed by atoms with Crippen LogP contribution in [0.15, 0.2) is 18.2 Å². The first-order valence-electron chi connectivity index (χ1n) is 5.16. The van der Waals surface area contributed by atoms with Gasteiger partial charge in [-0.2, -0.15) is 0 Å². The monoisotopic (exact) mass is 236 g/mol. The number of carboxylic acids is 1. The van der Waals surface area contributed by atoms with Crippen molar-refractivity contribution in [3.63, 3.8) is 0 Å². The molecular weight excluding hydrogens is 224 g/mol. The molecule has 0 heterocycles. The summed E-state index contributed by atoms with van der Waals surface area (Å²) in [6.07, 6.45) is 1.10. The number of esters is 1. The number of hydrogen-bond acceptors (Lipinski definition) is 4. The van der Waals surface area contributed by atoms with Gasteiger partial charge in [0.25, 0.3) is 0 Å². The summed E-state index contributed by atoms with van der Waals surface area (Å²) in [5.74, 6) is -1.79. The molecule has 0 aromatic heterocycles. The van der Waals surface area contributed by atoms with E-state index in [0.29, 0.717) is 18.4 Å². The number of phenolic OH excluding ortho intramolecular Hbond substituents is 1. The summed E-state index contributed by atoms with van der Waals surface area (Å²) in [4.78, 5) is 22.5. The lowest BCUT2D eigenvalue weighted by molar-refractivity contribution is -0.140. The highest BCUT2D eigenvalue weighted by atomic mass is 16.5. The predicted molar refractivity (Wildman–Crippen MR) is 58.0 cm³/mol. The number of carbonyl (C=O) groups is 2. The van der Waals surface area contributed by atoms with Gasteiger partial charge in [0, 0.05) is 0 Å². The van der Waals surface area contributed by atoms with Gasteiger partial charge in [0.1, 0.15) is 11.3 Å². The number of aliphatic carboxylic acids is 1. The van der Waals surface area contributed by atoms with Crippen LogP contribution in [0.3, 0.4) is 0 Å². The molecule has 1 fully saturated rings. The molecule has 5 heteroatoms. The Balaban J connectivity index is 2.45. The van der Waals surface area contributed by atoms with Gasteiger partial charge in [-0.05, 0) is 30.5 Å². The molecule has 0 atom stereocenters. The first kappa shape index (κ1) is 11.4. The van der Waals surface area contributed by atoms with Crippen molar-refractivity contribution in [3.05, 3.63) is 29.3 Å². The third-order valence-electron chi connectivity index (χ3n) is 3.11. The second-order valence-electron chi connectivity index (χ2n) is 4.11. The molecule has 0 aliphatic heterocycles. The molecule has 90 valence electrons. The average Bonchev–Trinajstić information content (AvgIpc) is 3.10. The van der Waals surface area contributed by atoms with Crippen LogP contribution in [-0.2, 0) is 14.9 Å². The summed E-state index contributed by atoms with van der Waals surface area (Å²) >= 11 is 0. The highest BCUT2D eigenvalue weighted by Crippen LogP contribution is 2.49. The minimum absolute atomic E-state index is 0.00229. The van der Waals surface area contributed by atoms with E-state index in [0.717, 1.165) is 0 Å². The van der Waals surface area contributed by atoms with Crippen molar-refractivity contribution in [1.29, 1.82) is 0 Å². The van der Waals surface area contributed by atoms with E-state index in [1.807, 2.05) is 0 Å². The van der Waals surface area contributed by atoms with Gasteiger partial charge >= 0.3 is 11.9 Å². The van der Waals surface area contributed by atoms with Crippen LogP contribution in [0.1, 0.15) is 28.8 Å². The van der Waals surface area contributed by atoms with Gasteiger partial charge in [0.2, 0.25) is 0 Å². The number of aromatic hydroxyl groups is 1. The molecule has 2 rings (SSSR count). The topological polar surface area (TPSA) is 83.8 Å². The number of ether oxygens (including phenoxy) is 1. The van der Waals surface area contributed by atoms with Crippen molar-refractivity contribution in [1.82, 2.24) is 0 Å². The Morgan fingerprint density at radius 2 is 2.00 bits per heavy atom. The van der Waals surface area contributed by atoms with E-state index >= 15 is 0 Å². The quantitative estimate of drug-likeness (QED) is 0.772. The summed E-state index contributed by atoms with van der Waals surface area (Å²) in [7, 11) is 1.21. The number of hydrogen-bond donors (Lipinski definition) is 2. The molecule has 0 unspecified atom stereocenters. The second kappa shape index (κ2) is 3.76. The van der Waals surface area contributed by atoms with Gasteiger partial charge in [0.05, 0.1) is 12.5 Å². The maximum Gasteiger partial charge on any atom is 0.341 e. The van der Waals surface area contributed by atoms with Crippen molar-refractivity contribution >= 4 is 11.9 Å². The third-order valence-corrected chi connectivity index (χ3v) is 3.11. The Kier molecular flexibility index (Phi) is 2.53. The molecule has 0 amide bonds. The molecule has 17 heavy (non-hydrogen) atoms. The standard InChI is InChI=1S/C12H12O5/c1-17-10(14)8-6-7(2-3-9(8)13)12(4-5-12)11(15)16/h2-3,6,13H,4-5H2,1H3,(H,15,16). The zero-order valence-corrected chi connectivity index (χ0v) is 9.27. The fraction of sp³-hybridized carbons (Fsp3) is 0.333. The van der Waals surface area contributed by atoms with E-state index in [2.05, 4.69) is 4.74 Å². The summed E-state index contributed by atoms with van der Waals surface area (Å²) in [5.41, 5.74) is -0.364. The van der Waals surface area contributed by atoms with Crippen molar-refractivity contribution in [2.45, 2.75) is 18.3 Å². The van der Waals surface area contributed by atoms with Crippen LogP contribution < -0.4 is 0 Å². The van der Waals surface area contributed by atoms with Crippen LogP contribution in [0.4, 0.5) is 0 Å². The molecular formula is C12H12O5. The number of carbonyl (C=O) groups excluding carboxylic acids is 1. The maximum atomic E-state index is 11.4. The fourth-order valence-corrected chi connectivity index (χ4v) is 1.86. The molecule has 0 spiro atoms. The first-order chi connectivity index (χ1) is 8.01. The summed E-state index contributed by atoms with van der Waals surface area (Å²) in [5, 5.41) is 18.6. The molecule has 2 N–H and O–H groups in total. The molecule has 1 saturated carbocycles. The molecule has 1 aliphatic carbocycles. The minimum Gasteiger partial charge on any atom is -0.507 e. The van der Waals surface area contributed by atoms with Crippen LogP contribution >= 0.6 is 0 Å². The van der Waals surface area contributed by atoms with Crippen molar-refractivity contribution in [3.8, 4) is 5.75 Å². The molecule has 0 bridgehead atoms. The van der Waals surface area contributed by atoms with Crippen LogP contribution in [-0.4, -0.2) is 29.3 Å². The Labute approximate surface area is 97.6 Å². The van der Waals surface area contributed by atoms with Crippen molar-refractivity contribution < 1.29 is 24.5 Å². The summed E-state index contributed by atoms with van der Waals surface area (Å²) < 4.78 is 4.52. The predicted octanol–water partition coefficient (Wildman–Crippen LogP) is 1.29. The van der Waals surface area contributed by atoms with E-state index in [1.54, 1.807) is 0 Å². The lowest BCUT2D eigenvalue weighted by Gasteiger charge is -2.12. The Morgan fingerprint density at radius 1 is 1.35 bits per heavy atom. The maximum absolute atomic E-state index is 11.4. The lowest BCUT2D eigenvalue weighted by Crippen LogP contribution is -2.20. The SMILES string of the molecule is COC(=O)c1cc(C2(C(=O)O)CC2)ccc1O. The van der Waals surface area contributed by atoms with Gasteiger partial charge in [-0.3, -0.25) is 4.79 Å².